The van der Waals surface area contributed by atoms with Crippen molar-refractivity contribution in [3.63, 3.8) is 0 Å². The number of nitrogens with zero attached hydrogens (tertiary/aromatic N) is 1. The Morgan fingerprint density at radius 2 is 1.59 bits per heavy atom. The van der Waals surface area contributed by atoms with Crippen molar-refractivity contribution in [2.24, 2.45) is 17.8 Å². The van der Waals surface area contributed by atoms with Gasteiger partial charge in [-0.25, -0.2) is 4.98 Å². The zero-order chi connectivity index (χ0) is 14.6. The molecule has 4 fully saturated rings. The van der Waals surface area contributed by atoms with Crippen LogP contribution in [0.25, 0.3) is 10.6 Å². The highest BCUT2D eigenvalue weighted by Gasteiger charge is 2.50. The highest BCUT2D eigenvalue weighted by atomic mass is 32.1. The van der Waals surface area contributed by atoms with Crippen LogP contribution in [0.3, 0.4) is 0 Å². The van der Waals surface area contributed by atoms with E-state index in [4.69, 9.17) is 4.98 Å². The minimum absolute atomic E-state index is 0.427. The first-order chi connectivity index (χ1) is 10.8. The average Bonchev–Trinajstić information content (AvgIpc) is 2.95. The highest BCUT2D eigenvalue weighted by molar-refractivity contribution is 7.13. The number of fused-ring (bicyclic) bond motifs is 1. The van der Waals surface area contributed by atoms with Gasteiger partial charge in [0.25, 0.3) is 0 Å². The van der Waals surface area contributed by atoms with Gasteiger partial charge in [-0.3, -0.25) is 0 Å². The van der Waals surface area contributed by atoms with E-state index in [0.717, 1.165) is 17.8 Å². The number of benzene rings is 1. The zero-order valence-corrected chi connectivity index (χ0v) is 13.8. The molecule has 4 aliphatic rings. The van der Waals surface area contributed by atoms with Crippen molar-refractivity contribution < 1.29 is 0 Å². The third-order valence-electron chi connectivity index (χ3n) is 6.42. The number of aromatic nitrogens is 1. The van der Waals surface area contributed by atoms with Crippen molar-refractivity contribution in [2.75, 3.05) is 0 Å². The molecule has 0 spiro atoms. The Bertz CT molecular complexity index is 658. The van der Waals surface area contributed by atoms with Gasteiger partial charge in [-0.05, 0) is 49.9 Å². The van der Waals surface area contributed by atoms with E-state index in [9.17, 15) is 0 Å². The van der Waals surface area contributed by atoms with E-state index in [1.54, 1.807) is 0 Å². The Morgan fingerprint density at radius 1 is 0.909 bits per heavy atom. The Morgan fingerprint density at radius 3 is 2.32 bits per heavy atom. The second-order valence-corrected chi connectivity index (χ2v) is 8.80. The summed E-state index contributed by atoms with van der Waals surface area (Å²) in [4.78, 5) is 5.13. The van der Waals surface area contributed by atoms with Crippen LogP contribution in [0.15, 0.2) is 35.7 Å². The van der Waals surface area contributed by atoms with Crippen LogP contribution in [0, 0.1) is 17.8 Å². The SMILES string of the molecule is c1ccc(-c2nc(C34CC5C[C@@H](CC[C@H](C5)C3)C4)cs2)cc1. The van der Waals surface area contributed by atoms with Crippen LogP contribution in [0.4, 0.5) is 0 Å². The Labute approximate surface area is 136 Å². The lowest BCUT2D eigenvalue weighted by Gasteiger charge is -2.47. The van der Waals surface area contributed by atoms with Gasteiger partial charge in [-0.15, -0.1) is 11.3 Å². The van der Waals surface area contributed by atoms with E-state index < -0.39 is 0 Å². The molecule has 0 aliphatic heterocycles. The molecule has 1 aromatic carbocycles. The monoisotopic (exact) mass is 309 g/mol. The van der Waals surface area contributed by atoms with Gasteiger partial charge >= 0.3 is 0 Å². The number of hydrogen-bond donors (Lipinski definition) is 0. The van der Waals surface area contributed by atoms with Crippen molar-refractivity contribution >= 4 is 11.3 Å². The maximum Gasteiger partial charge on any atom is 0.123 e. The van der Waals surface area contributed by atoms with Crippen molar-refractivity contribution in [3.8, 4) is 10.6 Å². The molecule has 0 unspecified atom stereocenters. The van der Waals surface area contributed by atoms with Gasteiger partial charge in [0.15, 0.2) is 0 Å². The van der Waals surface area contributed by atoms with Crippen LogP contribution >= 0.6 is 11.3 Å². The molecule has 0 radical (unpaired) electrons. The summed E-state index contributed by atoms with van der Waals surface area (Å²) < 4.78 is 0. The lowest BCUT2D eigenvalue weighted by Crippen LogP contribution is -2.41. The van der Waals surface area contributed by atoms with Gasteiger partial charge in [0.1, 0.15) is 5.01 Å². The number of thiazole rings is 1. The molecule has 22 heavy (non-hydrogen) atoms. The summed E-state index contributed by atoms with van der Waals surface area (Å²) in [5, 5.41) is 3.60. The molecule has 2 atom stereocenters. The fourth-order valence-electron chi connectivity index (χ4n) is 5.74. The molecule has 0 saturated heterocycles. The predicted octanol–water partition coefficient (Wildman–Crippen LogP) is 5.67. The average molecular weight is 309 g/mol. The third-order valence-corrected chi connectivity index (χ3v) is 7.31. The fourth-order valence-corrected chi connectivity index (χ4v) is 6.68. The van der Waals surface area contributed by atoms with Gasteiger partial charge in [-0.2, -0.15) is 0 Å². The molecule has 6 rings (SSSR count). The summed E-state index contributed by atoms with van der Waals surface area (Å²) in [5.74, 6) is 2.95. The van der Waals surface area contributed by atoms with E-state index in [1.165, 1.54) is 61.2 Å². The van der Waals surface area contributed by atoms with Gasteiger partial charge in [-0.1, -0.05) is 43.2 Å². The van der Waals surface area contributed by atoms with E-state index in [1.807, 2.05) is 11.3 Å². The molecule has 1 nitrogen and oxygen atoms in total. The van der Waals surface area contributed by atoms with Gasteiger partial charge in [0.05, 0.1) is 5.69 Å². The summed E-state index contributed by atoms with van der Waals surface area (Å²) in [7, 11) is 0. The lowest BCUT2D eigenvalue weighted by molar-refractivity contribution is 0.0957. The normalized spacial score (nSPS) is 36.5. The molecule has 0 N–H and O–H groups in total. The van der Waals surface area contributed by atoms with Crippen LogP contribution in [0.1, 0.15) is 50.6 Å². The minimum atomic E-state index is 0.427. The predicted molar refractivity (Wildman–Crippen MR) is 92.0 cm³/mol. The quantitative estimate of drug-likeness (QED) is 0.696. The molecule has 4 bridgehead atoms. The molecule has 1 aromatic heterocycles. The summed E-state index contributed by atoms with van der Waals surface area (Å²) in [6.45, 7) is 0. The summed E-state index contributed by atoms with van der Waals surface area (Å²) in [5.41, 5.74) is 3.13. The minimum Gasteiger partial charge on any atom is -0.241 e. The largest absolute Gasteiger partial charge is 0.241 e. The van der Waals surface area contributed by atoms with Crippen molar-refractivity contribution in [2.45, 2.75) is 50.4 Å². The first-order valence-electron chi connectivity index (χ1n) is 8.82. The second kappa shape index (κ2) is 4.92. The first kappa shape index (κ1) is 13.3. The molecule has 2 heteroatoms. The Hall–Kier alpha value is -1.15. The van der Waals surface area contributed by atoms with Crippen molar-refractivity contribution in [3.05, 3.63) is 41.4 Å². The summed E-state index contributed by atoms with van der Waals surface area (Å²) >= 11 is 1.85. The molecule has 0 amide bonds. The van der Waals surface area contributed by atoms with Crippen LogP contribution < -0.4 is 0 Å². The van der Waals surface area contributed by atoms with Crippen LogP contribution in [0.2, 0.25) is 0 Å². The van der Waals surface area contributed by atoms with Crippen LogP contribution in [-0.4, -0.2) is 4.98 Å². The lowest BCUT2D eigenvalue weighted by atomic mass is 9.57. The number of hydrogen-bond acceptors (Lipinski definition) is 2. The Kier molecular flexibility index (Phi) is 2.98. The molecule has 4 saturated carbocycles. The van der Waals surface area contributed by atoms with Crippen molar-refractivity contribution in [1.29, 1.82) is 0 Å². The van der Waals surface area contributed by atoms with Gasteiger partial charge < -0.3 is 0 Å². The fraction of sp³-hybridized carbons (Fsp3) is 0.550. The number of rotatable bonds is 2. The molecule has 1 heterocycles. The second-order valence-electron chi connectivity index (χ2n) is 7.94. The van der Waals surface area contributed by atoms with E-state index in [2.05, 4.69) is 35.7 Å². The van der Waals surface area contributed by atoms with Crippen LogP contribution in [0.5, 0.6) is 0 Å². The highest BCUT2D eigenvalue weighted by Crippen LogP contribution is 2.58. The molecule has 114 valence electrons. The maximum absolute atomic E-state index is 5.13. The topological polar surface area (TPSA) is 12.9 Å². The van der Waals surface area contributed by atoms with E-state index in [-0.39, 0.29) is 0 Å². The standard InChI is InChI=1S/C20H23NS/c1-2-4-17(5-3-1)19-21-18(13-22-19)20-10-14-6-7-15(11-20)9-16(8-14)12-20/h1-5,13-16H,6-12H2/t14-,15-,16?,20?/m1/s1. The third kappa shape index (κ3) is 2.07. The molecule has 2 aromatic rings. The molecular formula is C20H23NS. The molecule has 4 aliphatic carbocycles. The first-order valence-corrected chi connectivity index (χ1v) is 9.70. The Balaban J connectivity index is 1.53. The maximum atomic E-state index is 5.13. The van der Waals surface area contributed by atoms with Gasteiger partial charge in [0, 0.05) is 16.4 Å². The van der Waals surface area contributed by atoms with E-state index in [0.29, 0.717) is 5.41 Å². The van der Waals surface area contributed by atoms with E-state index >= 15 is 0 Å². The summed E-state index contributed by atoms with van der Waals surface area (Å²) in [6.07, 6.45) is 10.2. The zero-order valence-electron chi connectivity index (χ0n) is 13.0. The van der Waals surface area contributed by atoms with Crippen LogP contribution in [-0.2, 0) is 5.41 Å². The van der Waals surface area contributed by atoms with Crippen molar-refractivity contribution in [1.82, 2.24) is 4.98 Å². The molecular weight excluding hydrogens is 286 g/mol. The van der Waals surface area contributed by atoms with Gasteiger partial charge in [0.2, 0.25) is 0 Å². The smallest absolute Gasteiger partial charge is 0.123 e. The summed E-state index contributed by atoms with van der Waals surface area (Å²) in [6, 6.07) is 10.7.